The number of sulfonamides is 1. The molecule has 0 aliphatic carbocycles. The first-order chi connectivity index (χ1) is 7.07. The van der Waals surface area contributed by atoms with Gasteiger partial charge >= 0.3 is 5.97 Å². The van der Waals surface area contributed by atoms with Crippen molar-refractivity contribution in [2.24, 2.45) is 11.3 Å². The number of rotatable bonds is 6. The van der Waals surface area contributed by atoms with Crippen LogP contribution in [0.15, 0.2) is 0 Å². The fraction of sp³-hybridized carbons (Fsp3) is 0.900. The molecule has 16 heavy (non-hydrogen) atoms. The van der Waals surface area contributed by atoms with E-state index in [2.05, 4.69) is 4.72 Å². The van der Waals surface area contributed by atoms with Crippen molar-refractivity contribution in [2.75, 3.05) is 12.3 Å². The second kappa shape index (κ2) is 5.63. The summed E-state index contributed by atoms with van der Waals surface area (Å²) in [5, 5.41) is 8.77. The number of carboxylic acid groups (broad SMARTS) is 1. The lowest BCUT2D eigenvalue weighted by Crippen LogP contribution is -2.37. The summed E-state index contributed by atoms with van der Waals surface area (Å²) in [6.45, 7) is 7.14. The average molecular weight is 251 g/mol. The lowest BCUT2D eigenvalue weighted by atomic mass is 10.0. The lowest BCUT2D eigenvalue weighted by molar-refractivity contribution is -0.141. The first kappa shape index (κ1) is 15.4. The van der Waals surface area contributed by atoms with Gasteiger partial charge in [0.05, 0.1) is 11.7 Å². The van der Waals surface area contributed by atoms with Crippen molar-refractivity contribution in [1.29, 1.82) is 0 Å². The maximum atomic E-state index is 11.6. The third kappa shape index (κ3) is 6.79. The Morgan fingerprint density at radius 1 is 1.38 bits per heavy atom. The van der Waals surface area contributed by atoms with Gasteiger partial charge in [0.15, 0.2) is 0 Å². The molecule has 0 radical (unpaired) electrons. The zero-order valence-corrected chi connectivity index (χ0v) is 11.1. The smallest absolute Gasteiger partial charge is 0.307 e. The monoisotopic (exact) mass is 251 g/mol. The molecule has 0 aliphatic rings. The fourth-order valence-electron chi connectivity index (χ4n) is 1.25. The van der Waals surface area contributed by atoms with Crippen LogP contribution in [-0.2, 0) is 14.8 Å². The van der Waals surface area contributed by atoms with Crippen LogP contribution in [0.1, 0.15) is 34.1 Å². The van der Waals surface area contributed by atoms with Gasteiger partial charge in [-0.25, -0.2) is 13.1 Å². The van der Waals surface area contributed by atoms with Crippen molar-refractivity contribution >= 4 is 16.0 Å². The Balaban J connectivity index is 4.34. The van der Waals surface area contributed by atoms with E-state index < -0.39 is 21.9 Å². The molecular formula is C10H21NO4S. The van der Waals surface area contributed by atoms with Crippen LogP contribution in [-0.4, -0.2) is 31.8 Å². The van der Waals surface area contributed by atoms with Crippen molar-refractivity contribution in [3.8, 4) is 0 Å². The molecule has 0 aromatic carbocycles. The minimum Gasteiger partial charge on any atom is -0.481 e. The zero-order chi connectivity index (χ0) is 13.0. The molecule has 0 saturated heterocycles. The summed E-state index contributed by atoms with van der Waals surface area (Å²) >= 11 is 0. The molecule has 5 nitrogen and oxygen atoms in total. The van der Waals surface area contributed by atoms with E-state index in [4.69, 9.17) is 5.11 Å². The predicted octanol–water partition coefficient (Wildman–Crippen LogP) is 1.06. The topological polar surface area (TPSA) is 83.5 Å². The molecule has 0 fully saturated rings. The molecule has 0 bridgehead atoms. The maximum absolute atomic E-state index is 11.6. The maximum Gasteiger partial charge on any atom is 0.307 e. The quantitative estimate of drug-likeness (QED) is 0.739. The van der Waals surface area contributed by atoms with Gasteiger partial charge in [-0.15, -0.1) is 0 Å². The molecule has 0 heterocycles. The molecule has 0 amide bonds. The van der Waals surface area contributed by atoms with E-state index in [9.17, 15) is 13.2 Å². The summed E-state index contributed by atoms with van der Waals surface area (Å²) in [5.41, 5.74) is -0.337. The van der Waals surface area contributed by atoms with E-state index in [0.29, 0.717) is 6.42 Å². The number of carbonyl (C=O) groups is 1. The van der Waals surface area contributed by atoms with Crippen LogP contribution in [0, 0.1) is 11.3 Å². The molecule has 0 aromatic rings. The van der Waals surface area contributed by atoms with Gasteiger partial charge in [-0.1, -0.05) is 27.7 Å². The molecule has 0 rings (SSSR count). The Morgan fingerprint density at radius 3 is 2.19 bits per heavy atom. The molecular weight excluding hydrogens is 230 g/mol. The number of hydrogen-bond donors (Lipinski definition) is 2. The SMILES string of the molecule is CCC(CNS(=O)(=O)CC(C)(C)C)C(=O)O. The molecule has 0 aliphatic heterocycles. The summed E-state index contributed by atoms with van der Waals surface area (Å²) in [4.78, 5) is 10.7. The van der Waals surface area contributed by atoms with Crippen molar-refractivity contribution in [3.63, 3.8) is 0 Å². The van der Waals surface area contributed by atoms with Crippen LogP contribution in [0.4, 0.5) is 0 Å². The van der Waals surface area contributed by atoms with E-state index in [0.717, 1.165) is 0 Å². The van der Waals surface area contributed by atoms with Gasteiger partial charge in [0.1, 0.15) is 0 Å². The predicted molar refractivity (Wildman–Crippen MR) is 62.7 cm³/mol. The highest BCUT2D eigenvalue weighted by atomic mass is 32.2. The fourth-order valence-corrected chi connectivity index (χ4v) is 2.95. The van der Waals surface area contributed by atoms with Gasteiger partial charge < -0.3 is 5.11 Å². The lowest BCUT2D eigenvalue weighted by Gasteiger charge is -2.19. The third-order valence-electron chi connectivity index (χ3n) is 2.01. The minimum atomic E-state index is -3.39. The van der Waals surface area contributed by atoms with E-state index in [1.165, 1.54) is 0 Å². The van der Waals surface area contributed by atoms with Crippen molar-refractivity contribution in [3.05, 3.63) is 0 Å². The first-order valence-electron chi connectivity index (χ1n) is 5.27. The summed E-state index contributed by atoms with van der Waals surface area (Å²) in [6.07, 6.45) is 0.410. The van der Waals surface area contributed by atoms with Crippen LogP contribution in [0.3, 0.4) is 0 Å². The standard InChI is InChI=1S/C10H21NO4S/c1-5-8(9(12)13)6-11-16(14,15)7-10(2,3)4/h8,11H,5-7H2,1-4H3,(H,12,13). The van der Waals surface area contributed by atoms with Crippen molar-refractivity contribution in [1.82, 2.24) is 4.72 Å². The Morgan fingerprint density at radius 2 is 1.88 bits per heavy atom. The molecule has 0 aromatic heterocycles. The van der Waals surface area contributed by atoms with Crippen molar-refractivity contribution in [2.45, 2.75) is 34.1 Å². The largest absolute Gasteiger partial charge is 0.481 e. The van der Waals surface area contributed by atoms with Gasteiger partial charge in [-0.05, 0) is 11.8 Å². The second-order valence-electron chi connectivity index (χ2n) is 5.11. The highest BCUT2D eigenvalue weighted by Gasteiger charge is 2.23. The third-order valence-corrected chi connectivity index (χ3v) is 3.87. The molecule has 2 N–H and O–H groups in total. The van der Waals surface area contributed by atoms with Gasteiger partial charge in [0.25, 0.3) is 0 Å². The second-order valence-corrected chi connectivity index (χ2v) is 6.92. The van der Waals surface area contributed by atoms with E-state index in [1.54, 1.807) is 6.92 Å². The summed E-state index contributed by atoms with van der Waals surface area (Å²) in [6, 6.07) is 0. The van der Waals surface area contributed by atoms with Gasteiger partial charge in [-0.3, -0.25) is 4.79 Å². The van der Waals surface area contributed by atoms with Crippen LogP contribution in [0.25, 0.3) is 0 Å². The zero-order valence-electron chi connectivity index (χ0n) is 10.3. The number of hydrogen-bond acceptors (Lipinski definition) is 3. The van der Waals surface area contributed by atoms with Gasteiger partial charge in [-0.2, -0.15) is 0 Å². The van der Waals surface area contributed by atoms with E-state index in [1.807, 2.05) is 20.8 Å². The highest BCUT2D eigenvalue weighted by molar-refractivity contribution is 7.89. The first-order valence-corrected chi connectivity index (χ1v) is 6.93. The highest BCUT2D eigenvalue weighted by Crippen LogP contribution is 2.15. The number of carboxylic acids is 1. The Labute approximate surface area is 97.3 Å². The van der Waals surface area contributed by atoms with Crippen LogP contribution in [0.5, 0.6) is 0 Å². The minimum absolute atomic E-state index is 0.00392. The summed E-state index contributed by atoms with van der Waals surface area (Å²) < 4.78 is 25.5. The van der Waals surface area contributed by atoms with E-state index >= 15 is 0 Å². The normalized spacial score (nSPS) is 14.8. The van der Waals surface area contributed by atoms with Crippen LogP contribution in [0.2, 0.25) is 0 Å². The van der Waals surface area contributed by atoms with E-state index in [-0.39, 0.29) is 17.7 Å². The van der Waals surface area contributed by atoms with Gasteiger partial charge in [0.2, 0.25) is 10.0 Å². The molecule has 96 valence electrons. The Bertz CT molecular complexity index is 329. The van der Waals surface area contributed by atoms with Crippen molar-refractivity contribution < 1.29 is 18.3 Å². The molecule has 0 saturated carbocycles. The number of aliphatic carboxylic acids is 1. The van der Waals surface area contributed by atoms with Crippen LogP contribution < -0.4 is 4.72 Å². The number of nitrogens with one attached hydrogen (secondary N) is 1. The van der Waals surface area contributed by atoms with Gasteiger partial charge in [0, 0.05) is 6.54 Å². The molecule has 1 atom stereocenters. The molecule has 1 unspecified atom stereocenters. The molecule has 0 spiro atoms. The average Bonchev–Trinajstić information content (AvgIpc) is 1.99. The Kier molecular flexibility index (Phi) is 5.41. The summed E-state index contributed by atoms with van der Waals surface area (Å²) in [5.74, 6) is -1.63. The molecule has 6 heteroatoms. The summed E-state index contributed by atoms with van der Waals surface area (Å²) in [7, 11) is -3.39. The van der Waals surface area contributed by atoms with Crippen LogP contribution >= 0.6 is 0 Å². The Hall–Kier alpha value is -0.620.